The zero-order valence-corrected chi connectivity index (χ0v) is 33.3. The van der Waals surface area contributed by atoms with E-state index in [0.29, 0.717) is 17.8 Å². The lowest BCUT2D eigenvalue weighted by Gasteiger charge is -2.41. The zero-order valence-electron chi connectivity index (χ0n) is 32.5. The normalized spacial score (nSPS) is 13.4. The lowest BCUT2D eigenvalue weighted by Crippen LogP contribution is -2.48. The molecule has 2 aromatic carbocycles. The molecular weight excluding hydrogens is 781 g/mol. The predicted molar refractivity (Wildman–Crippen MR) is 212 cm³/mol. The van der Waals surface area contributed by atoms with Crippen molar-refractivity contribution in [1.82, 2.24) is 25.4 Å². The number of aromatic nitrogens is 1. The Hall–Kier alpha value is -5.37. The number of carbonyl (C=O) groups is 6. The number of benzene rings is 2. The van der Waals surface area contributed by atoms with E-state index in [4.69, 9.17) is 21.7 Å². The van der Waals surface area contributed by atoms with Gasteiger partial charge in [0.25, 0.3) is 0 Å². The molecule has 3 aromatic rings. The van der Waals surface area contributed by atoms with E-state index in [0.717, 1.165) is 35.5 Å². The molecule has 0 aliphatic rings. The Labute approximate surface area is 338 Å². The SMILES string of the molecule is CC(C)(C)[C@H](c1cc(-c2cc(F)ccc2F)cn1Cc1ccccc1)N(CC[C@H](N)C(=O)NCCNC(=O)CNC(=O)[C@H](CC(=O)O)SC[C@H](N)C(=O)O)C(=O)CO. The molecule has 1 heterocycles. The van der Waals surface area contributed by atoms with E-state index >= 15 is 4.39 Å². The van der Waals surface area contributed by atoms with Gasteiger partial charge in [-0.1, -0.05) is 51.1 Å². The van der Waals surface area contributed by atoms with Crippen molar-refractivity contribution in [3.05, 3.63) is 83.7 Å². The molecule has 316 valence electrons. The maximum absolute atomic E-state index is 15.0. The minimum atomic E-state index is -1.32. The van der Waals surface area contributed by atoms with Crippen molar-refractivity contribution in [2.75, 3.05) is 38.5 Å². The van der Waals surface area contributed by atoms with Gasteiger partial charge in [-0.15, -0.1) is 11.8 Å². The maximum atomic E-state index is 15.0. The second-order valence-corrected chi connectivity index (χ2v) is 15.8. The first-order valence-electron chi connectivity index (χ1n) is 18.3. The van der Waals surface area contributed by atoms with Crippen molar-refractivity contribution in [2.24, 2.45) is 16.9 Å². The summed E-state index contributed by atoms with van der Waals surface area (Å²) in [7, 11) is 0. The van der Waals surface area contributed by atoms with Gasteiger partial charge in [0.2, 0.25) is 23.6 Å². The second kappa shape index (κ2) is 22.0. The first-order chi connectivity index (χ1) is 27.3. The molecule has 4 atom stereocenters. The molecule has 19 heteroatoms. The standard InChI is InChI=1S/C39H51F2N7O9S/c1-39(2,3)35(30-15-24(26-16-25(40)9-10-27(26)41)20-47(30)19-23-7-5-4-6-8-23)48(33(51)21-49)14-11-28(42)36(54)45-13-12-44-32(50)18-46-37(55)31(17-34(52)53)58-22-29(43)38(56)57/h4-10,15-16,20,28-29,31,35,49H,11-14,17-19,21-22,42-43H2,1-3H3,(H,44,50)(H,45,54)(H,46,55)(H,52,53)(H,56,57)/t28-,29-,31-,35-/m0/s1. The molecule has 0 unspecified atom stereocenters. The van der Waals surface area contributed by atoms with E-state index < -0.39 is 95.6 Å². The van der Waals surface area contributed by atoms with Gasteiger partial charge in [-0.05, 0) is 41.7 Å². The van der Waals surface area contributed by atoms with Crippen LogP contribution in [0.5, 0.6) is 0 Å². The third kappa shape index (κ3) is 14.2. The van der Waals surface area contributed by atoms with Gasteiger partial charge >= 0.3 is 11.9 Å². The van der Waals surface area contributed by atoms with Crippen molar-refractivity contribution in [1.29, 1.82) is 0 Å². The predicted octanol–water partition coefficient (Wildman–Crippen LogP) is 1.44. The van der Waals surface area contributed by atoms with E-state index in [1.54, 1.807) is 12.3 Å². The summed E-state index contributed by atoms with van der Waals surface area (Å²) in [5.74, 6) is -6.82. The van der Waals surface area contributed by atoms with Gasteiger partial charge in [0, 0.05) is 54.9 Å². The summed E-state index contributed by atoms with van der Waals surface area (Å²) in [5.41, 5.74) is 12.8. The number of hydrogen-bond acceptors (Lipinski definition) is 10. The van der Waals surface area contributed by atoms with E-state index in [9.17, 15) is 38.3 Å². The summed E-state index contributed by atoms with van der Waals surface area (Å²) < 4.78 is 31.2. The number of carboxylic acids is 2. The number of nitrogens with one attached hydrogen (secondary N) is 3. The van der Waals surface area contributed by atoms with Gasteiger partial charge in [-0.3, -0.25) is 28.8 Å². The number of nitrogens with zero attached hydrogens (tertiary/aromatic N) is 2. The van der Waals surface area contributed by atoms with Crippen LogP contribution in [0.3, 0.4) is 0 Å². The highest BCUT2D eigenvalue weighted by Crippen LogP contribution is 2.41. The highest BCUT2D eigenvalue weighted by molar-refractivity contribution is 8.00. The quantitative estimate of drug-likeness (QED) is 0.0670. The fourth-order valence-corrected chi connectivity index (χ4v) is 7.13. The third-order valence-corrected chi connectivity index (χ3v) is 10.2. The number of aliphatic hydroxyl groups is 1. The van der Waals surface area contributed by atoms with Gasteiger partial charge in [-0.2, -0.15) is 0 Å². The maximum Gasteiger partial charge on any atom is 0.321 e. The highest BCUT2D eigenvalue weighted by atomic mass is 32.2. The molecule has 0 saturated carbocycles. The Kier molecular flexibility index (Phi) is 17.8. The van der Waals surface area contributed by atoms with E-state index in [2.05, 4.69) is 16.0 Å². The molecule has 0 aliphatic carbocycles. The third-order valence-electron chi connectivity index (χ3n) is 8.87. The number of halogens is 2. The van der Waals surface area contributed by atoms with Gasteiger partial charge < -0.3 is 52.2 Å². The summed E-state index contributed by atoms with van der Waals surface area (Å²) in [6.07, 6.45) is 1.02. The molecular formula is C39H51F2N7O9S. The number of nitrogens with two attached hydrogens (primary N) is 2. The molecule has 0 spiro atoms. The van der Waals surface area contributed by atoms with Crippen LogP contribution in [-0.2, 0) is 35.3 Å². The highest BCUT2D eigenvalue weighted by Gasteiger charge is 2.37. The Morgan fingerprint density at radius 2 is 1.57 bits per heavy atom. The van der Waals surface area contributed by atoms with Gasteiger partial charge in [0.05, 0.1) is 30.3 Å². The molecule has 58 heavy (non-hydrogen) atoms. The van der Waals surface area contributed by atoms with Crippen molar-refractivity contribution in [2.45, 2.75) is 63.5 Å². The van der Waals surface area contributed by atoms with Crippen LogP contribution in [0.2, 0.25) is 0 Å². The Bertz CT molecular complexity index is 1910. The second-order valence-electron chi connectivity index (χ2n) is 14.5. The van der Waals surface area contributed by atoms with Crippen LogP contribution >= 0.6 is 11.8 Å². The largest absolute Gasteiger partial charge is 0.481 e. The molecule has 1 aromatic heterocycles. The molecule has 0 bridgehead atoms. The lowest BCUT2D eigenvalue weighted by atomic mass is 9.82. The minimum Gasteiger partial charge on any atom is -0.481 e. The summed E-state index contributed by atoms with van der Waals surface area (Å²) in [6.45, 7) is 4.40. The van der Waals surface area contributed by atoms with Crippen LogP contribution < -0.4 is 27.4 Å². The number of aliphatic carboxylic acids is 2. The fourth-order valence-electron chi connectivity index (χ4n) is 6.05. The van der Waals surface area contributed by atoms with Crippen LogP contribution in [0.15, 0.2) is 60.8 Å². The average molecular weight is 832 g/mol. The number of rotatable bonds is 22. The van der Waals surface area contributed by atoms with Crippen LogP contribution in [0, 0.1) is 17.0 Å². The van der Waals surface area contributed by atoms with Crippen LogP contribution in [0.4, 0.5) is 8.78 Å². The first kappa shape index (κ1) is 47.0. The summed E-state index contributed by atoms with van der Waals surface area (Å²) >= 11 is 0.736. The number of amides is 4. The topological polar surface area (TPSA) is 259 Å². The minimum absolute atomic E-state index is 0.0273. The van der Waals surface area contributed by atoms with Crippen LogP contribution in [0.25, 0.3) is 11.1 Å². The zero-order chi connectivity index (χ0) is 43.2. The van der Waals surface area contributed by atoms with Crippen molar-refractivity contribution in [3.8, 4) is 11.1 Å². The molecule has 3 rings (SSSR count). The molecule has 0 aliphatic heterocycles. The molecule has 4 amide bonds. The first-order valence-corrected chi connectivity index (χ1v) is 19.4. The number of thioether (sulfide) groups is 1. The van der Waals surface area contributed by atoms with Crippen molar-refractivity contribution < 1.29 is 52.9 Å². The Morgan fingerprint density at radius 1 is 0.897 bits per heavy atom. The number of aliphatic hydroxyl groups excluding tert-OH is 1. The molecule has 0 fully saturated rings. The van der Waals surface area contributed by atoms with Crippen molar-refractivity contribution >= 4 is 47.3 Å². The fraction of sp³-hybridized carbons (Fsp3) is 0.436. The van der Waals surface area contributed by atoms with E-state index in [1.807, 2.05) is 55.7 Å². The molecule has 0 saturated heterocycles. The lowest BCUT2D eigenvalue weighted by molar-refractivity contribution is -0.140. The van der Waals surface area contributed by atoms with E-state index in [-0.39, 0.29) is 37.4 Å². The smallest absolute Gasteiger partial charge is 0.321 e. The monoisotopic (exact) mass is 831 g/mol. The van der Waals surface area contributed by atoms with E-state index in [1.165, 1.54) is 4.90 Å². The number of carbonyl (C=O) groups excluding carboxylic acids is 4. The van der Waals surface area contributed by atoms with Crippen LogP contribution in [0.1, 0.15) is 50.9 Å². The molecule has 0 radical (unpaired) electrons. The van der Waals surface area contributed by atoms with Gasteiger partial charge in [-0.25, -0.2) is 8.78 Å². The van der Waals surface area contributed by atoms with Gasteiger partial charge in [0.1, 0.15) is 24.3 Å². The van der Waals surface area contributed by atoms with Gasteiger partial charge in [0.15, 0.2) is 0 Å². The Morgan fingerprint density at radius 3 is 2.19 bits per heavy atom. The summed E-state index contributed by atoms with van der Waals surface area (Å²) in [6, 6.07) is 11.0. The average Bonchev–Trinajstić information content (AvgIpc) is 3.57. The van der Waals surface area contributed by atoms with Crippen molar-refractivity contribution in [3.63, 3.8) is 0 Å². The molecule has 16 nitrogen and oxygen atoms in total. The number of carboxylic acid groups (broad SMARTS) is 2. The molecule has 10 N–H and O–H groups in total. The van der Waals surface area contributed by atoms with Crippen LogP contribution in [-0.4, -0.2) is 116 Å². The Balaban J connectivity index is 1.67. The number of hydrogen-bond donors (Lipinski definition) is 8. The summed E-state index contributed by atoms with van der Waals surface area (Å²) in [4.78, 5) is 74.7. The summed E-state index contributed by atoms with van der Waals surface area (Å²) in [5, 5.41) is 34.3.